The molecule has 0 spiro atoms. The van der Waals surface area contributed by atoms with Crippen LogP contribution in [0, 0.1) is 11.6 Å². The number of benzene rings is 2. The van der Waals surface area contributed by atoms with Crippen LogP contribution in [0.3, 0.4) is 0 Å². The summed E-state index contributed by atoms with van der Waals surface area (Å²) >= 11 is 0. The van der Waals surface area contributed by atoms with Crippen molar-refractivity contribution in [3.8, 4) is 11.5 Å². The highest BCUT2D eigenvalue weighted by Gasteiger charge is 2.41. The van der Waals surface area contributed by atoms with Crippen molar-refractivity contribution in [3.63, 3.8) is 0 Å². The number of β-amino-alcohol motifs (C(OH)–C–C–N with tert-alkyl or cyclic N) is 2. The van der Waals surface area contributed by atoms with Gasteiger partial charge in [-0.2, -0.15) is 4.68 Å². The molecule has 4 fully saturated rings. The van der Waals surface area contributed by atoms with Gasteiger partial charge in [-0.1, -0.05) is 0 Å². The molecule has 7 N–H and O–H groups in total. The summed E-state index contributed by atoms with van der Waals surface area (Å²) in [7, 11) is 2.50. The number of fused-ring (bicyclic) bond motifs is 2. The Morgan fingerprint density at radius 2 is 1.36 bits per heavy atom. The summed E-state index contributed by atoms with van der Waals surface area (Å²) in [5, 5.41) is 34.1. The predicted molar refractivity (Wildman–Crippen MR) is 200 cm³/mol. The molecule has 2 saturated heterocycles. The number of hydrogen-bond donors (Lipinski definition) is 6. The minimum absolute atomic E-state index is 0.0552. The van der Waals surface area contributed by atoms with Gasteiger partial charge in [0.1, 0.15) is 28.0 Å². The van der Waals surface area contributed by atoms with Gasteiger partial charge in [-0.25, -0.2) is 18.4 Å². The third-order valence-electron chi connectivity index (χ3n) is 11.3. The summed E-state index contributed by atoms with van der Waals surface area (Å²) in [6.45, 7) is 1.05. The molecule has 4 aliphatic rings. The van der Waals surface area contributed by atoms with Gasteiger partial charge in [-0.3, -0.25) is 23.7 Å². The minimum Gasteiger partial charge on any atom is -0.492 e. The van der Waals surface area contributed by atoms with E-state index in [9.17, 15) is 34.5 Å². The molecule has 0 bridgehead atoms. The van der Waals surface area contributed by atoms with Gasteiger partial charge in [-0.05, 0) is 58.3 Å². The van der Waals surface area contributed by atoms with Crippen LogP contribution in [0.1, 0.15) is 70.4 Å². The number of hydrogen-bond acceptors (Lipinski definition) is 13. The van der Waals surface area contributed by atoms with E-state index in [2.05, 4.69) is 10.3 Å². The number of ether oxygens (including phenoxy) is 2. The zero-order valence-corrected chi connectivity index (χ0v) is 30.7. The van der Waals surface area contributed by atoms with Gasteiger partial charge in [-0.15, -0.1) is 0 Å². The second-order valence-corrected chi connectivity index (χ2v) is 15.6. The molecule has 55 heavy (non-hydrogen) atoms. The summed E-state index contributed by atoms with van der Waals surface area (Å²) in [4.78, 5) is 60.4. The summed E-state index contributed by atoms with van der Waals surface area (Å²) in [5.41, 5.74) is -8.72. The van der Waals surface area contributed by atoms with E-state index in [-0.39, 0.29) is 72.5 Å². The molecule has 2 unspecified atom stereocenters. The molecule has 0 amide bonds. The Morgan fingerprint density at radius 3 is 1.91 bits per heavy atom. The maximum Gasteiger partial charge on any atom is 0.350 e. The molecule has 2 aliphatic heterocycles. The Bertz CT molecular complexity index is 2510. The fourth-order valence-corrected chi connectivity index (χ4v) is 8.48. The lowest BCUT2D eigenvalue weighted by atomic mass is 9.93. The maximum absolute atomic E-state index is 17.7. The van der Waals surface area contributed by atoms with Crippen molar-refractivity contribution in [1.82, 2.24) is 18.8 Å². The first-order chi connectivity index (χ1) is 26.1. The highest BCUT2D eigenvalue weighted by molar-refractivity contribution is 6.07. The van der Waals surface area contributed by atoms with Gasteiger partial charge >= 0.3 is 11.4 Å². The van der Waals surface area contributed by atoms with Gasteiger partial charge in [0.25, 0.3) is 11.1 Å². The van der Waals surface area contributed by atoms with Crippen molar-refractivity contribution in [2.75, 3.05) is 68.0 Å². The zero-order chi connectivity index (χ0) is 39.3. The summed E-state index contributed by atoms with van der Waals surface area (Å²) < 4.78 is 49.8. The molecule has 19 heteroatoms. The van der Waals surface area contributed by atoms with Gasteiger partial charge in [0, 0.05) is 38.3 Å². The number of piperidine rings is 2. The van der Waals surface area contributed by atoms with Crippen molar-refractivity contribution < 1.29 is 33.6 Å². The molecule has 4 heterocycles. The van der Waals surface area contributed by atoms with Gasteiger partial charge in [0.2, 0.25) is 0 Å². The van der Waals surface area contributed by atoms with Crippen molar-refractivity contribution in [2.24, 2.45) is 0 Å². The number of nitrogens with zero attached hydrogens (tertiary/aromatic N) is 5. The molecule has 0 radical (unpaired) electrons. The molecule has 2 saturated carbocycles. The lowest BCUT2D eigenvalue weighted by molar-refractivity contribution is -0.0242. The molecule has 2 atom stereocenters. The molecule has 8 rings (SSSR count). The van der Waals surface area contributed by atoms with Crippen molar-refractivity contribution in [3.05, 3.63) is 53.3 Å². The Morgan fingerprint density at radius 1 is 0.836 bits per heavy atom. The van der Waals surface area contributed by atoms with Crippen molar-refractivity contribution >= 4 is 44.6 Å². The molecular weight excluding hydrogens is 726 g/mol. The fraction of sp³-hybridized carbons (Fsp3) is 0.556. The number of aromatic nitrogens is 4. The molecule has 296 valence electrons. The first kappa shape index (κ1) is 36.8. The minimum atomic E-state index is -1.64. The Labute approximate surface area is 311 Å². The van der Waals surface area contributed by atoms with Gasteiger partial charge < -0.3 is 45.8 Å². The number of halogens is 2. The van der Waals surface area contributed by atoms with E-state index in [0.717, 1.165) is 0 Å². The van der Waals surface area contributed by atoms with Crippen LogP contribution in [0.25, 0.3) is 21.8 Å². The van der Waals surface area contributed by atoms with E-state index < -0.39 is 80.1 Å². The van der Waals surface area contributed by atoms with Crippen LogP contribution in [0.15, 0.2) is 19.2 Å². The van der Waals surface area contributed by atoms with E-state index in [1.165, 1.54) is 28.3 Å². The van der Waals surface area contributed by atoms with Crippen LogP contribution >= 0.6 is 0 Å². The standard InChI is InChI=1S/C36H44F2N8O9/c1-35(52)10-4-12-42(14-35)27-21(37)23(19-25(29(27)54-2)44(17-6-7-17)33(50)41-31(19)48)40-24-20-26(45(18-8-9-18)34(51)46(39)32(20)49)30(55-3)28(22(24)38)43-13-5-11-36(53,15-43)16-47/h17-18,40,47,52-53H,4-16,39H2,1-3H3,(H,41,48,50). The number of nitrogens with one attached hydrogen (secondary N) is 2. The first-order valence-corrected chi connectivity index (χ1v) is 18.4. The van der Waals surface area contributed by atoms with Crippen LogP contribution in [-0.4, -0.2) is 92.3 Å². The molecule has 17 nitrogen and oxygen atoms in total. The maximum atomic E-state index is 17.7. The van der Waals surface area contributed by atoms with Crippen LogP contribution < -0.4 is 52.9 Å². The van der Waals surface area contributed by atoms with E-state index in [4.69, 9.17) is 15.3 Å². The number of nitrogens with two attached hydrogens (primary N) is 1. The largest absolute Gasteiger partial charge is 0.492 e. The lowest BCUT2D eigenvalue weighted by Crippen LogP contribution is -2.51. The SMILES string of the molecule is COc1c(N2CCCC(C)(O)C2)c(F)c(Nc2c(F)c(N3CCCC(O)(CO)C3)c(OC)c3c2c(=O)n(N)c(=O)n3C2CC2)c2c(=O)[nH]c(=O)n(C3CC3)c12. The van der Waals surface area contributed by atoms with Crippen LogP contribution in [0.5, 0.6) is 11.5 Å². The Hall–Kier alpha value is -5.14. The zero-order valence-electron chi connectivity index (χ0n) is 30.7. The van der Waals surface area contributed by atoms with E-state index >= 15 is 8.78 Å². The first-order valence-electron chi connectivity index (χ1n) is 18.4. The van der Waals surface area contributed by atoms with Gasteiger partial charge in [0.05, 0.1) is 48.6 Å². The number of anilines is 4. The van der Waals surface area contributed by atoms with Crippen LogP contribution in [0.2, 0.25) is 0 Å². The lowest BCUT2D eigenvalue weighted by Gasteiger charge is -2.40. The van der Waals surface area contributed by atoms with Crippen molar-refractivity contribution in [2.45, 2.75) is 81.6 Å². The molecular formula is C36H44F2N8O9. The average Bonchev–Trinajstić information content (AvgIpc) is 4.08. The number of aromatic amines is 1. The smallest absolute Gasteiger partial charge is 0.350 e. The quantitative estimate of drug-likeness (QED) is 0.132. The molecule has 2 aromatic carbocycles. The topological polar surface area (TPSA) is 223 Å². The average molecular weight is 771 g/mol. The van der Waals surface area contributed by atoms with Crippen molar-refractivity contribution in [1.29, 1.82) is 0 Å². The Balaban J connectivity index is 1.50. The van der Waals surface area contributed by atoms with Crippen LogP contribution in [0.4, 0.5) is 31.5 Å². The second-order valence-electron chi connectivity index (χ2n) is 15.6. The fourth-order valence-electron chi connectivity index (χ4n) is 8.48. The number of aliphatic hydroxyl groups excluding tert-OH is 1. The number of rotatable bonds is 9. The second kappa shape index (κ2) is 13.0. The Kier molecular flexibility index (Phi) is 8.69. The number of nitrogen functional groups attached to an aromatic ring is 1. The van der Waals surface area contributed by atoms with Gasteiger partial charge in [0.15, 0.2) is 23.1 Å². The highest BCUT2D eigenvalue weighted by Crippen LogP contribution is 2.51. The predicted octanol–water partition coefficient (Wildman–Crippen LogP) is 1.26. The molecule has 4 aromatic rings. The molecule has 2 aliphatic carbocycles. The number of methoxy groups -OCH3 is 2. The van der Waals surface area contributed by atoms with E-state index in [1.54, 1.807) is 11.8 Å². The highest BCUT2D eigenvalue weighted by atomic mass is 19.1. The summed E-state index contributed by atoms with van der Waals surface area (Å²) in [5.74, 6) is 3.42. The summed E-state index contributed by atoms with van der Waals surface area (Å²) in [6, 6.07) is -0.822. The monoisotopic (exact) mass is 770 g/mol. The third kappa shape index (κ3) is 5.81. The normalized spacial score (nSPS) is 23.1. The number of aliphatic hydroxyl groups is 3. The van der Waals surface area contributed by atoms with Crippen LogP contribution in [-0.2, 0) is 0 Å². The summed E-state index contributed by atoms with van der Waals surface area (Å²) in [6.07, 6.45) is 3.58. The van der Waals surface area contributed by atoms with E-state index in [0.29, 0.717) is 49.6 Å². The van der Waals surface area contributed by atoms with E-state index in [1.807, 2.05) is 0 Å². The third-order valence-corrected chi connectivity index (χ3v) is 11.3. The number of H-pyrrole nitrogens is 1. The molecule has 2 aromatic heterocycles.